The Morgan fingerprint density at radius 2 is 1.91 bits per heavy atom. The summed E-state index contributed by atoms with van der Waals surface area (Å²) in [6, 6.07) is 12.8. The highest BCUT2D eigenvalue weighted by atomic mass is 35.5. The van der Waals surface area contributed by atoms with Gasteiger partial charge in [0.15, 0.2) is 0 Å². The topological polar surface area (TPSA) is 94.1 Å². The van der Waals surface area contributed by atoms with Gasteiger partial charge in [-0.05, 0) is 69.1 Å². The van der Waals surface area contributed by atoms with Crippen LogP contribution in [-0.2, 0) is 11.2 Å². The molecule has 0 saturated carbocycles. The fourth-order valence-electron chi connectivity index (χ4n) is 3.87. The van der Waals surface area contributed by atoms with Crippen LogP contribution in [0.1, 0.15) is 32.3 Å². The molecule has 0 spiro atoms. The molecular formula is C25H34ClN3O4. The van der Waals surface area contributed by atoms with E-state index in [9.17, 15) is 15.0 Å². The lowest BCUT2D eigenvalue weighted by Crippen LogP contribution is -2.49. The van der Waals surface area contributed by atoms with Gasteiger partial charge in [0.05, 0.1) is 5.69 Å². The number of ether oxygens (including phenoxy) is 1. The van der Waals surface area contributed by atoms with Gasteiger partial charge in [-0.3, -0.25) is 4.79 Å². The standard InChI is InChI=1S/C25H34ClN3O4/c1-18(30)28-23-8-7-22(31)15-24(23)33-17-25(2,32)16-27-21-10-13-29(14-11-21)12-9-19-3-5-20(26)6-4-19/h3-8,15,21,27,31-32H,9-14,16-17H2,1-2H3,(H,28,30). The molecule has 1 aliphatic heterocycles. The van der Waals surface area contributed by atoms with Crippen molar-refractivity contribution < 1.29 is 19.7 Å². The van der Waals surface area contributed by atoms with Crippen LogP contribution in [0.3, 0.4) is 0 Å². The maximum Gasteiger partial charge on any atom is 0.221 e. The van der Waals surface area contributed by atoms with Crippen molar-refractivity contribution in [3.8, 4) is 11.5 Å². The number of aromatic hydroxyl groups is 1. The summed E-state index contributed by atoms with van der Waals surface area (Å²) in [6.45, 7) is 6.59. The van der Waals surface area contributed by atoms with E-state index in [1.165, 1.54) is 24.6 Å². The summed E-state index contributed by atoms with van der Waals surface area (Å²) in [5, 5.41) is 27.4. The van der Waals surface area contributed by atoms with E-state index < -0.39 is 5.60 Å². The van der Waals surface area contributed by atoms with Crippen LogP contribution in [0.5, 0.6) is 11.5 Å². The van der Waals surface area contributed by atoms with Gasteiger partial charge in [-0.2, -0.15) is 0 Å². The Bertz CT molecular complexity index is 912. The van der Waals surface area contributed by atoms with E-state index in [4.69, 9.17) is 16.3 Å². The Kier molecular flexibility index (Phi) is 8.97. The molecule has 7 nitrogen and oxygen atoms in total. The number of phenolic OH excluding ortho intramolecular Hbond substituents is 1. The van der Waals surface area contributed by atoms with Crippen LogP contribution >= 0.6 is 11.6 Å². The quantitative estimate of drug-likeness (QED) is 0.393. The van der Waals surface area contributed by atoms with E-state index in [-0.39, 0.29) is 18.3 Å². The number of likely N-dealkylation sites (tertiary alicyclic amines) is 1. The summed E-state index contributed by atoms with van der Waals surface area (Å²) in [4.78, 5) is 13.9. The molecule has 1 atom stereocenters. The molecule has 1 unspecified atom stereocenters. The van der Waals surface area contributed by atoms with Crippen molar-refractivity contribution in [3.05, 3.63) is 53.1 Å². The number of anilines is 1. The number of carbonyl (C=O) groups excluding carboxylic acids is 1. The summed E-state index contributed by atoms with van der Waals surface area (Å²) in [6.07, 6.45) is 3.06. The first-order valence-corrected chi connectivity index (χ1v) is 11.7. The fraction of sp³-hybridized carbons (Fsp3) is 0.480. The molecule has 0 bridgehead atoms. The molecule has 1 amide bonds. The fourth-order valence-corrected chi connectivity index (χ4v) is 4.00. The second-order valence-electron chi connectivity index (χ2n) is 9.02. The van der Waals surface area contributed by atoms with Gasteiger partial charge in [0.2, 0.25) is 5.91 Å². The second-order valence-corrected chi connectivity index (χ2v) is 9.46. The maximum absolute atomic E-state index is 11.4. The van der Waals surface area contributed by atoms with Crippen LogP contribution < -0.4 is 15.4 Å². The molecule has 1 heterocycles. The molecule has 2 aromatic rings. The van der Waals surface area contributed by atoms with Crippen molar-refractivity contribution in [2.45, 2.75) is 44.8 Å². The monoisotopic (exact) mass is 475 g/mol. The summed E-state index contributed by atoms with van der Waals surface area (Å²) in [7, 11) is 0. The average Bonchev–Trinajstić information content (AvgIpc) is 2.78. The van der Waals surface area contributed by atoms with E-state index in [0.29, 0.717) is 24.0 Å². The number of nitrogens with one attached hydrogen (secondary N) is 2. The average molecular weight is 476 g/mol. The van der Waals surface area contributed by atoms with E-state index in [1.54, 1.807) is 13.0 Å². The van der Waals surface area contributed by atoms with Crippen LogP contribution in [0, 0.1) is 0 Å². The number of amides is 1. The Morgan fingerprint density at radius 1 is 1.21 bits per heavy atom. The normalized spacial score (nSPS) is 16.8. The Morgan fingerprint density at radius 3 is 2.58 bits per heavy atom. The predicted octanol–water partition coefficient (Wildman–Crippen LogP) is 3.43. The van der Waals surface area contributed by atoms with Gasteiger partial charge in [0, 0.05) is 37.1 Å². The van der Waals surface area contributed by atoms with Crippen molar-refractivity contribution in [1.29, 1.82) is 0 Å². The molecule has 0 aliphatic carbocycles. The number of rotatable bonds is 10. The number of phenols is 1. The number of carbonyl (C=O) groups is 1. The molecular weight excluding hydrogens is 442 g/mol. The molecule has 33 heavy (non-hydrogen) atoms. The van der Waals surface area contributed by atoms with Gasteiger partial charge in [0.25, 0.3) is 0 Å². The second kappa shape index (κ2) is 11.7. The number of aliphatic hydroxyl groups is 1. The number of nitrogens with zero attached hydrogens (tertiary/aromatic N) is 1. The summed E-state index contributed by atoms with van der Waals surface area (Å²) in [5.74, 6) is 0.109. The first kappa shape index (κ1) is 25.3. The van der Waals surface area contributed by atoms with Crippen LogP contribution in [0.15, 0.2) is 42.5 Å². The van der Waals surface area contributed by atoms with E-state index in [2.05, 4.69) is 27.7 Å². The minimum Gasteiger partial charge on any atom is -0.508 e. The lowest BCUT2D eigenvalue weighted by Gasteiger charge is -2.34. The van der Waals surface area contributed by atoms with Crippen LogP contribution in [0.4, 0.5) is 5.69 Å². The van der Waals surface area contributed by atoms with Crippen molar-refractivity contribution in [3.63, 3.8) is 0 Å². The first-order valence-electron chi connectivity index (χ1n) is 11.4. The SMILES string of the molecule is CC(=O)Nc1ccc(O)cc1OCC(C)(O)CNC1CCN(CCc2ccc(Cl)cc2)CC1. The third kappa shape index (κ3) is 8.51. The molecule has 180 valence electrons. The summed E-state index contributed by atoms with van der Waals surface area (Å²) in [5.41, 5.74) is 0.643. The van der Waals surface area contributed by atoms with Crippen molar-refractivity contribution in [1.82, 2.24) is 10.2 Å². The zero-order valence-electron chi connectivity index (χ0n) is 19.3. The smallest absolute Gasteiger partial charge is 0.221 e. The van der Waals surface area contributed by atoms with Gasteiger partial charge in [-0.15, -0.1) is 0 Å². The zero-order valence-corrected chi connectivity index (χ0v) is 20.1. The van der Waals surface area contributed by atoms with Crippen LogP contribution in [-0.4, -0.2) is 65.4 Å². The number of piperidine rings is 1. The van der Waals surface area contributed by atoms with E-state index in [1.807, 2.05) is 12.1 Å². The molecule has 1 saturated heterocycles. The van der Waals surface area contributed by atoms with Crippen molar-refractivity contribution in [2.24, 2.45) is 0 Å². The molecule has 8 heteroatoms. The lowest BCUT2D eigenvalue weighted by molar-refractivity contribution is -0.114. The lowest BCUT2D eigenvalue weighted by atomic mass is 10.0. The van der Waals surface area contributed by atoms with Crippen molar-refractivity contribution in [2.75, 3.05) is 38.1 Å². The largest absolute Gasteiger partial charge is 0.508 e. The van der Waals surface area contributed by atoms with Crippen molar-refractivity contribution >= 4 is 23.2 Å². The maximum atomic E-state index is 11.4. The summed E-state index contributed by atoms with van der Waals surface area (Å²) < 4.78 is 5.74. The molecule has 0 aromatic heterocycles. The third-order valence-corrected chi connectivity index (χ3v) is 6.06. The number of hydrogen-bond donors (Lipinski definition) is 4. The molecule has 1 aliphatic rings. The zero-order chi connectivity index (χ0) is 23.8. The van der Waals surface area contributed by atoms with Gasteiger partial charge in [0.1, 0.15) is 23.7 Å². The van der Waals surface area contributed by atoms with E-state index >= 15 is 0 Å². The van der Waals surface area contributed by atoms with Gasteiger partial charge < -0.3 is 30.5 Å². The molecule has 3 rings (SSSR count). The number of hydrogen-bond acceptors (Lipinski definition) is 6. The van der Waals surface area contributed by atoms with Gasteiger partial charge in [-0.25, -0.2) is 0 Å². The molecule has 0 radical (unpaired) electrons. The number of halogens is 1. The minimum absolute atomic E-state index is 0.0238. The van der Waals surface area contributed by atoms with Gasteiger partial charge in [-0.1, -0.05) is 23.7 Å². The molecule has 2 aromatic carbocycles. The highest BCUT2D eigenvalue weighted by Gasteiger charge is 2.26. The van der Waals surface area contributed by atoms with Crippen LogP contribution in [0.25, 0.3) is 0 Å². The Hall–Kier alpha value is -2.32. The Labute approximate surface area is 200 Å². The van der Waals surface area contributed by atoms with E-state index in [0.717, 1.165) is 43.9 Å². The highest BCUT2D eigenvalue weighted by molar-refractivity contribution is 6.30. The third-order valence-electron chi connectivity index (χ3n) is 5.80. The van der Waals surface area contributed by atoms with Crippen LogP contribution in [0.2, 0.25) is 5.02 Å². The Balaban J connectivity index is 1.40. The number of benzene rings is 2. The first-order chi connectivity index (χ1) is 15.7. The minimum atomic E-state index is -1.11. The predicted molar refractivity (Wildman–Crippen MR) is 131 cm³/mol. The highest BCUT2D eigenvalue weighted by Crippen LogP contribution is 2.29. The van der Waals surface area contributed by atoms with Gasteiger partial charge >= 0.3 is 0 Å². The molecule has 4 N–H and O–H groups in total. The molecule has 1 fully saturated rings. The summed E-state index contributed by atoms with van der Waals surface area (Å²) >= 11 is 5.95.